The third-order valence-electron chi connectivity index (χ3n) is 3.56. The molecule has 3 heterocycles. The second-order valence-corrected chi connectivity index (χ2v) is 5.98. The van der Waals surface area contributed by atoms with Crippen molar-refractivity contribution in [2.24, 2.45) is 0 Å². The van der Waals surface area contributed by atoms with E-state index in [-0.39, 0.29) is 6.04 Å². The van der Waals surface area contributed by atoms with E-state index in [4.69, 9.17) is 4.74 Å². The third kappa shape index (κ3) is 2.92. The lowest BCUT2D eigenvalue weighted by Gasteiger charge is -2.34. The summed E-state index contributed by atoms with van der Waals surface area (Å²) >= 11 is 1.73. The Kier molecular flexibility index (Phi) is 4.14. The Bertz CT molecular complexity index is 565. The molecular formula is C14H20N4OS. The Hall–Kier alpha value is -1.24. The largest absolute Gasteiger partial charge is 0.378 e. The first-order valence-corrected chi connectivity index (χ1v) is 7.89. The standard InChI is InChI=1S/C14H20N4OS/c1-3-18-8-12(6-15-18)7-17-4-5-19-9-13(17)14-16-11(2)10-20-14/h6,8,10,13H,3-5,7,9H2,1-2H3/t13-/m1/s1. The Morgan fingerprint density at radius 3 is 3.10 bits per heavy atom. The summed E-state index contributed by atoms with van der Waals surface area (Å²) in [6, 6.07) is 0.271. The highest BCUT2D eigenvalue weighted by atomic mass is 32.1. The molecule has 1 atom stereocenters. The third-order valence-corrected chi connectivity index (χ3v) is 4.62. The van der Waals surface area contributed by atoms with Gasteiger partial charge in [0.05, 0.1) is 25.5 Å². The fourth-order valence-electron chi connectivity index (χ4n) is 2.48. The van der Waals surface area contributed by atoms with Crippen LogP contribution in [0.15, 0.2) is 17.8 Å². The molecule has 0 radical (unpaired) electrons. The fourth-order valence-corrected chi connectivity index (χ4v) is 3.39. The highest BCUT2D eigenvalue weighted by molar-refractivity contribution is 7.09. The predicted molar refractivity (Wildman–Crippen MR) is 78.7 cm³/mol. The lowest BCUT2D eigenvalue weighted by atomic mass is 10.2. The zero-order valence-corrected chi connectivity index (χ0v) is 12.8. The molecule has 1 saturated heterocycles. The van der Waals surface area contributed by atoms with Crippen LogP contribution in [-0.4, -0.2) is 39.4 Å². The molecule has 6 heteroatoms. The van der Waals surface area contributed by atoms with Crippen molar-refractivity contribution >= 4 is 11.3 Å². The minimum Gasteiger partial charge on any atom is -0.378 e. The van der Waals surface area contributed by atoms with Crippen LogP contribution in [0.2, 0.25) is 0 Å². The van der Waals surface area contributed by atoms with Gasteiger partial charge in [0.15, 0.2) is 0 Å². The second-order valence-electron chi connectivity index (χ2n) is 5.09. The molecule has 0 saturated carbocycles. The molecular weight excluding hydrogens is 272 g/mol. The van der Waals surface area contributed by atoms with Gasteiger partial charge in [0.2, 0.25) is 0 Å². The van der Waals surface area contributed by atoms with Crippen LogP contribution in [0.25, 0.3) is 0 Å². The number of thiazole rings is 1. The summed E-state index contributed by atoms with van der Waals surface area (Å²) in [7, 11) is 0. The molecule has 2 aromatic heterocycles. The Balaban J connectivity index is 1.75. The number of aromatic nitrogens is 3. The molecule has 0 aromatic carbocycles. The molecule has 0 spiro atoms. The predicted octanol–water partition coefficient (Wildman–Crippen LogP) is 2.24. The molecule has 0 amide bonds. The van der Waals surface area contributed by atoms with Crippen molar-refractivity contribution in [2.45, 2.75) is 33.0 Å². The monoisotopic (exact) mass is 292 g/mol. The Morgan fingerprint density at radius 1 is 1.50 bits per heavy atom. The maximum atomic E-state index is 5.64. The SMILES string of the molecule is CCn1cc(CN2CCOC[C@@H]2c2nc(C)cs2)cn1. The van der Waals surface area contributed by atoms with Crippen LogP contribution in [-0.2, 0) is 17.8 Å². The number of nitrogens with zero attached hydrogens (tertiary/aromatic N) is 4. The van der Waals surface area contributed by atoms with Crippen LogP contribution < -0.4 is 0 Å². The van der Waals surface area contributed by atoms with Gasteiger partial charge in [-0.3, -0.25) is 9.58 Å². The minimum absolute atomic E-state index is 0.271. The molecule has 2 aromatic rings. The van der Waals surface area contributed by atoms with Gasteiger partial charge in [-0.1, -0.05) is 0 Å². The number of aryl methyl sites for hydroxylation is 2. The number of ether oxygens (including phenoxy) is 1. The molecule has 1 aliphatic heterocycles. The van der Waals surface area contributed by atoms with E-state index in [1.807, 2.05) is 17.8 Å². The first-order chi connectivity index (χ1) is 9.76. The smallest absolute Gasteiger partial charge is 0.112 e. The number of hydrogen-bond donors (Lipinski definition) is 0. The van der Waals surface area contributed by atoms with Gasteiger partial charge in [-0.25, -0.2) is 4.98 Å². The zero-order chi connectivity index (χ0) is 13.9. The van der Waals surface area contributed by atoms with Gasteiger partial charge in [-0.15, -0.1) is 11.3 Å². The summed E-state index contributed by atoms with van der Waals surface area (Å²) in [5.41, 5.74) is 2.35. The van der Waals surface area contributed by atoms with E-state index in [0.717, 1.165) is 43.5 Å². The van der Waals surface area contributed by atoms with Crippen LogP contribution >= 0.6 is 11.3 Å². The Labute approximate surface area is 123 Å². The topological polar surface area (TPSA) is 43.2 Å². The number of morpholine rings is 1. The quantitative estimate of drug-likeness (QED) is 0.867. The van der Waals surface area contributed by atoms with Crippen LogP contribution in [0.3, 0.4) is 0 Å². The van der Waals surface area contributed by atoms with Crippen molar-refractivity contribution in [1.82, 2.24) is 19.7 Å². The summed E-state index contributed by atoms with van der Waals surface area (Å²) in [4.78, 5) is 7.07. The van der Waals surface area contributed by atoms with Gasteiger partial charge < -0.3 is 4.74 Å². The van der Waals surface area contributed by atoms with Crippen molar-refractivity contribution in [3.05, 3.63) is 34.0 Å². The summed E-state index contributed by atoms with van der Waals surface area (Å²) in [5, 5.41) is 7.61. The molecule has 0 aliphatic carbocycles. The fraction of sp³-hybridized carbons (Fsp3) is 0.571. The average molecular weight is 292 g/mol. The summed E-state index contributed by atoms with van der Waals surface area (Å²) in [6.07, 6.45) is 4.09. The molecule has 0 unspecified atom stereocenters. The van der Waals surface area contributed by atoms with Crippen molar-refractivity contribution < 1.29 is 4.74 Å². The van der Waals surface area contributed by atoms with Crippen LogP contribution in [0, 0.1) is 6.92 Å². The Morgan fingerprint density at radius 2 is 2.40 bits per heavy atom. The highest BCUT2D eigenvalue weighted by Gasteiger charge is 2.27. The zero-order valence-electron chi connectivity index (χ0n) is 12.0. The highest BCUT2D eigenvalue weighted by Crippen LogP contribution is 2.28. The van der Waals surface area contributed by atoms with Crippen molar-refractivity contribution in [2.75, 3.05) is 19.8 Å². The molecule has 0 N–H and O–H groups in total. The van der Waals surface area contributed by atoms with Crippen molar-refractivity contribution in [3.8, 4) is 0 Å². The molecule has 1 aliphatic rings. The molecule has 5 nitrogen and oxygen atoms in total. The molecule has 3 rings (SSSR count). The summed E-state index contributed by atoms with van der Waals surface area (Å²) in [6.45, 7) is 8.44. The maximum absolute atomic E-state index is 5.64. The minimum atomic E-state index is 0.271. The van der Waals surface area contributed by atoms with Crippen molar-refractivity contribution in [1.29, 1.82) is 0 Å². The first kappa shape index (κ1) is 13.7. The lowest BCUT2D eigenvalue weighted by molar-refractivity contribution is -0.0128. The molecule has 1 fully saturated rings. The normalized spacial score (nSPS) is 20.4. The van der Waals surface area contributed by atoms with Gasteiger partial charge in [0, 0.05) is 42.5 Å². The van der Waals surface area contributed by atoms with Crippen LogP contribution in [0.1, 0.15) is 29.2 Å². The van der Waals surface area contributed by atoms with E-state index in [9.17, 15) is 0 Å². The van der Waals surface area contributed by atoms with Crippen LogP contribution in [0.5, 0.6) is 0 Å². The molecule has 20 heavy (non-hydrogen) atoms. The van der Waals surface area contributed by atoms with E-state index in [1.54, 1.807) is 11.3 Å². The van der Waals surface area contributed by atoms with E-state index < -0.39 is 0 Å². The van der Waals surface area contributed by atoms with Gasteiger partial charge in [0.1, 0.15) is 5.01 Å². The first-order valence-electron chi connectivity index (χ1n) is 7.01. The lowest BCUT2D eigenvalue weighted by Crippen LogP contribution is -2.38. The van der Waals surface area contributed by atoms with Gasteiger partial charge in [-0.05, 0) is 13.8 Å². The molecule has 0 bridgehead atoms. The van der Waals surface area contributed by atoms with Crippen LogP contribution in [0.4, 0.5) is 0 Å². The van der Waals surface area contributed by atoms with Gasteiger partial charge in [-0.2, -0.15) is 5.10 Å². The summed E-state index contributed by atoms with van der Waals surface area (Å²) < 4.78 is 7.61. The number of hydrogen-bond acceptors (Lipinski definition) is 5. The summed E-state index contributed by atoms with van der Waals surface area (Å²) in [5.74, 6) is 0. The van der Waals surface area contributed by atoms with E-state index >= 15 is 0 Å². The van der Waals surface area contributed by atoms with E-state index in [0.29, 0.717) is 0 Å². The van der Waals surface area contributed by atoms with Crippen molar-refractivity contribution in [3.63, 3.8) is 0 Å². The van der Waals surface area contributed by atoms with Gasteiger partial charge in [0.25, 0.3) is 0 Å². The second kappa shape index (κ2) is 6.03. The molecule has 108 valence electrons. The number of rotatable bonds is 4. The van der Waals surface area contributed by atoms with Gasteiger partial charge >= 0.3 is 0 Å². The van der Waals surface area contributed by atoms with E-state index in [2.05, 4.69) is 33.5 Å². The average Bonchev–Trinajstić information content (AvgIpc) is 3.08. The maximum Gasteiger partial charge on any atom is 0.112 e. The van der Waals surface area contributed by atoms with E-state index in [1.165, 1.54) is 5.56 Å².